The number of rotatable bonds is 9. The summed E-state index contributed by atoms with van der Waals surface area (Å²) in [5, 5.41) is 3.39. The van der Waals surface area contributed by atoms with Crippen LogP contribution in [0.25, 0.3) is 0 Å². The standard InChI is InChI=1S/C20H27NO2/c1-4-5-11-23-20-9-7-6-8-19(20)21-10-12-22-18-14-16(2)13-17(3)15-18/h6-9,13-15,21H,4-5,10-12H2,1-3H3. The van der Waals surface area contributed by atoms with E-state index in [-0.39, 0.29) is 0 Å². The normalized spacial score (nSPS) is 10.4. The lowest BCUT2D eigenvalue weighted by atomic mass is 10.1. The number of hydrogen-bond donors (Lipinski definition) is 1. The van der Waals surface area contributed by atoms with Gasteiger partial charge in [0.2, 0.25) is 0 Å². The van der Waals surface area contributed by atoms with Crippen LogP contribution in [0.1, 0.15) is 30.9 Å². The predicted octanol–water partition coefficient (Wildman–Crippen LogP) is 4.97. The van der Waals surface area contributed by atoms with Gasteiger partial charge in [-0.1, -0.05) is 31.5 Å². The summed E-state index contributed by atoms with van der Waals surface area (Å²) in [6, 6.07) is 14.3. The van der Waals surface area contributed by atoms with Crippen LogP contribution in [0.15, 0.2) is 42.5 Å². The quantitative estimate of drug-likeness (QED) is 0.663. The Morgan fingerprint density at radius 1 is 0.913 bits per heavy atom. The van der Waals surface area contributed by atoms with Gasteiger partial charge in [-0.2, -0.15) is 0 Å². The molecule has 2 aromatic rings. The molecular formula is C20H27NO2. The van der Waals surface area contributed by atoms with Crippen molar-refractivity contribution in [3.05, 3.63) is 53.6 Å². The van der Waals surface area contributed by atoms with E-state index in [1.165, 1.54) is 11.1 Å². The van der Waals surface area contributed by atoms with Gasteiger partial charge in [0.05, 0.1) is 12.3 Å². The first kappa shape index (κ1) is 17.2. The minimum absolute atomic E-state index is 0.617. The Morgan fingerprint density at radius 3 is 2.39 bits per heavy atom. The number of ether oxygens (including phenoxy) is 2. The van der Waals surface area contributed by atoms with Gasteiger partial charge in [0.1, 0.15) is 18.1 Å². The second-order valence-corrected chi connectivity index (χ2v) is 5.80. The second kappa shape index (κ2) is 9.09. The van der Waals surface area contributed by atoms with Crippen molar-refractivity contribution in [3.63, 3.8) is 0 Å². The number of nitrogens with one attached hydrogen (secondary N) is 1. The first-order valence-corrected chi connectivity index (χ1v) is 8.36. The van der Waals surface area contributed by atoms with Crippen LogP contribution < -0.4 is 14.8 Å². The summed E-state index contributed by atoms with van der Waals surface area (Å²) in [4.78, 5) is 0. The molecule has 3 nitrogen and oxygen atoms in total. The zero-order valence-corrected chi connectivity index (χ0v) is 14.4. The van der Waals surface area contributed by atoms with Crippen molar-refractivity contribution in [2.75, 3.05) is 25.1 Å². The minimum Gasteiger partial charge on any atom is -0.492 e. The lowest BCUT2D eigenvalue weighted by Gasteiger charge is -2.14. The Kier molecular flexibility index (Phi) is 6.79. The van der Waals surface area contributed by atoms with E-state index >= 15 is 0 Å². The van der Waals surface area contributed by atoms with Crippen LogP contribution in [0.2, 0.25) is 0 Å². The van der Waals surface area contributed by atoms with Gasteiger partial charge in [-0.05, 0) is 55.7 Å². The molecule has 0 bridgehead atoms. The number of aryl methyl sites for hydroxylation is 2. The highest BCUT2D eigenvalue weighted by atomic mass is 16.5. The van der Waals surface area contributed by atoms with E-state index in [2.05, 4.69) is 44.3 Å². The predicted molar refractivity (Wildman–Crippen MR) is 96.7 cm³/mol. The fourth-order valence-electron chi connectivity index (χ4n) is 2.44. The van der Waals surface area contributed by atoms with Crippen LogP contribution in [0, 0.1) is 13.8 Å². The average Bonchev–Trinajstić information content (AvgIpc) is 2.52. The molecule has 0 amide bonds. The highest BCUT2D eigenvalue weighted by Gasteiger charge is 2.02. The van der Waals surface area contributed by atoms with Crippen molar-refractivity contribution in [2.24, 2.45) is 0 Å². The number of benzene rings is 2. The first-order valence-electron chi connectivity index (χ1n) is 8.36. The van der Waals surface area contributed by atoms with Crippen molar-refractivity contribution in [1.82, 2.24) is 0 Å². The molecule has 1 N–H and O–H groups in total. The van der Waals surface area contributed by atoms with Crippen LogP contribution in [-0.4, -0.2) is 19.8 Å². The maximum absolute atomic E-state index is 5.82. The molecule has 2 aromatic carbocycles. The van der Waals surface area contributed by atoms with Crippen LogP contribution >= 0.6 is 0 Å². The van der Waals surface area contributed by atoms with Crippen molar-refractivity contribution >= 4 is 5.69 Å². The maximum atomic E-state index is 5.82. The average molecular weight is 313 g/mol. The van der Waals surface area contributed by atoms with Crippen LogP contribution in [0.5, 0.6) is 11.5 Å². The Balaban J connectivity index is 1.81. The number of anilines is 1. The fourth-order valence-corrected chi connectivity index (χ4v) is 2.44. The molecule has 3 heteroatoms. The molecule has 0 fully saturated rings. The van der Waals surface area contributed by atoms with Crippen LogP contribution in [0.3, 0.4) is 0 Å². The first-order chi connectivity index (χ1) is 11.2. The molecule has 124 valence electrons. The van der Waals surface area contributed by atoms with E-state index in [4.69, 9.17) is 9.47 Å². The molecule has 0 aliphatic carbocycles. The maximum Gasteiger partial charge on any atom is 0.142 e. The second-order valence-electron chi connectivity index (χ2n) is 5.80. The van der Waals surface area contributed by atoms with Gasteiger partial charge in [0, 0.05) is 6.54 Å². The fraction of sp³-hybridized carbons (Fsp3) is 0.400. The van der Waals surface area contributed by atoms with E-state index in [1.807, 2.05) is 24.3 Å². The van der Waals surface area contributed by atoms with E-state index in [0.29, 0.717) is 6.61 Å². The number of unbranched alkanes of at least 4 members (excludes halogenated alkanes) is 1. The van der Waals surface area contributed by atoms with Gasteiger partial charge in [0.25, 0.3) is 0 Å². The Bertz CT molecular complexity index is 590. The number of hydrogen-bond acceptors (Lipinski definition) is 3. The highest BCUT2D eigenvalue weighted by Crippen LogP contribution is 2.23. The largest absolute Gasteiger partial charge is 0.492 e. The molecular weight excluding hydrogens is 286 g/mol. The van der Waals surface area contributed by atoms with Crippen molar-refractivity contribution in [2.45, 2.75) is 33.6 Å². The summed E-state index contributed by atoms with van der Waals surface area (Å²) in [6.07, 6.45) is 2.21. The smallest absolute Gasteiger partial charge is 0.142 e. The molecule has 2 rings (SSSR count). The summed E-state index contributed by atoms with van der Waals surface area (Å²) in [5.74, 6) is 1.84. The molecule has 0 radical (unpaired) electrons. The van der Waals surface area contributed by atoms with Gasteiger partial charge in [-0.3, -0.25) is 0 Å². The molecule has 0 saturated heterocycles. The molecule has 0 aliphatic rings. The van der Waals surface area contributed by atoms with Crippen LogP contribution in [-0.2, 0) is 0 Å². The Labute approximate surface area is 139 Å². The minimum atomic E-state index is 0.617. The summed E-state index contributed by atoms with van der Waals surface area (Å²) >= 11 is 0. The molecule has 0 atom stereocenters. The Hall–Kier alpha value is -2.16. The molecule has 0 unspecified atom stereocenters. The molecule has 23 heavy (non-hydrogen) atoms. The SMILES string of the molecule is CCCCOc1ccccc1NCCOc1cc(C)cc(C)c1. The molecule has 0 aliphatic heterocycles. The summed E-state index contributed by atoms with van der Waals surface area (Å²) in [5.41, 5.74) is 3.47. The van der Waals surface area contributed by atoms with Crippen molar-refractivity contribution < 1.29 is 9.47 Å². The summed E-state index contributed by atoms with van der Waals surface area (Å²) in [6.45, 7) is 8.45. The van der Waals surface area contributed by atoms with Gasteiger partial charge in [0.15, 0.2) is 0 Å². The lowest BCUT2D eigenvalue weighted by Crippen LogP contribution is -2.12. The third-order valence-corrected chi connectivity index (χ3v) is 3.52. The van der Waals surface area contributed by atoms with E-state index in [1.54, 1.807) is 0 Å². The monoisotopic (exact) mass is 313 g/mol. The molecule has 0 aromatic heterocycles. The van der Waals surface area contributed by atoms with Crippen molar-refractivity contribution in [1.29, 1.82) is 0 Å². The van der Waals surface area contributed by atoms with E-state index in [9.17, 15) is 0 Å². The number of para-hydroxylation sites is 2. The molecule has 0 saturated carbocycles. The third kappa shape index (κ3) is 5.85. The van der Waals surface area contributed by atoms with Gasteiger partial charge in [-0.15, -0.1) is 0 Å². The lowest BCUT2D eigenvalue weighted by molar-refractivity contribution is 0.309. The molecule has 0 heterocycles. The van der Waals surface area contributed by atoms with E-state index < -0.39 is 0 Å². The van der Waals surface area contributed by atoms with Gasteiger partial charge >= 0.3 is 0 Å². The molecule has 0 spiro atoms. The van der Waals surface area contributed by atoms with Crippen LogP contribution in [0.4, 0.5) is 5.69 Å². The topological polar surface area (TPSA) is 30.5 Å². The van der Waals surface area contributed by atoms with E-state index in [0.717, 1.165) is 43.2 Å². The third-order valence-electron chi connectivity index (χ3n) is 3.52. The zero-order chi connectivity index (χ0) is 16.5. The van der Waals surface area contributed by atoms with Gasteiger partial charge in [-0.25, -0.2) is 0 Å². The summed E-state index contributed by atoms with van der Waals surface area (Å²) in [7, 11) is 0. The highest BCUT2D eigenvalue weighted by molar-refractivity contribution is 5.56. The zero-order valence-electron chi connectivity index (χ0n) is 14.4. The summed E-state index contributed by atoms with van der Waals surface area (Å²) < 4.78 is 11.6. The Morgan fingerprint density at radius 2 is 1.65 bits per heavy atom. The van der Waals surface area contributed by atoms with Crippen molar-refractivity contribution in [3.8, 4) is 11.5 Å². The van der Waals surface area contributed by atoms with Gasteiger partial charge < -0.3 is 14.8 Å².